The highest BCUT2D eigenvalue weighted by Gasteiger charge is 1.99. The largest absolute Gasteiger partial charge is 0.205 e. The zero-order chi connectivity index (χ0) is 11.6. The molecular formula is C15H26N+. The van der Waals surface area contributed by atoms with Gasteiger partial charge in [-0.25, -0.2) is 4.57 Å². The van der Waals surface area contributed by atoms with Crippen LogP contribution in [0.1, 0.15) is 57.9 Å². The first-order valence-corrected chi connectivity index (χ1v) is 6.84. The lowest BCUT2D eigenvalue weighted by Gasteiger charge is -2.01. The number of pyridine rings is 1. The Morgan fingerprint density at radius 3 is 2.50 bits per heavy atom. The molecule has 0 fully saturated rings. The molecule has 0 N–H and O–H groups in total. The van der Waals surface area contributed by atoms with E-state index in [9.17, 15) is 0 Å². The maximum Gasteiger partial charge on any atom is 0.171 e. The Labute approximate surface area is 101 Å². The predicted molar refractivity (Wildman–Crippen MR) is 69.4 cm³/mol. The molecule has 1 heteroatoms. The maximum absolute atomic E-state index is 2.28. The minimum Gasteiger partial charge on any atom is -0.205 e. The quantitative estimate of drug-likeness (QED) is 0.462. The number of unbranched alkanes of at least 4 members (excludes halogenated alkanes) is 5. The van der Waals surface area contributed by atoms with Gasteiger partial charge < -0.3 is 0 Å². The minimum atomic E-state index is 1.07. The smallest absolute Gasteiger partial charge is 0.171 e. The van der Waals surface area contributed by atoms with Crippen LogP contribution in [-0.2, 0) is 13.0 Å². The Morgan fingerprint density at radius 1 is 1.00 bits per heavy atom. The molecular weight excluding hydrogens is 194 g/mol. The fourth-order valence-electron chi connectivity index (χ4n) is 2.03. The average molecular weight is 220 g/mol. The molecule has 0 aliphatic heterocycles. The molecule has 0 aromatic carbocycles. The highest BCUT2D eigenvalue weighted by molar-refractivity contribution is 5.05. The van der Waals surface area contributed by atoms with Gasteiger partial charge in [0, 0.05) is 11.6 Å². The Bertz CT molecular complexity index is 281. The molecule has 0 saturated heterocycles. The molecule has 0 aliphatic rings. The van der Waals surface area contributed by atoms with Crippen molar-refractivity contribution in [1.29, 1.82) is 0 Å². The Kier molecular flexibility index (Phi) is 6.87. The van der Waals surface area contributed by atoms with Gasteiger partial charge in [0.15, 0.2) is 12.4 Å². The van der Waals surface area contributed by atoms with Gasteiger partial charge in [-0.1, -0.05) is 39.0 Å². The van der Waals surface area contributed by atoms with Gasteiger partial charge >= 0.3 is 0 Å². The lowest BCUT2D eigenvalue weighted by atomic mass is 10.1. The SMILES string of the molecule is CCCCCCCCc1ccc[n+](CC)c1. The first-order valence-electron chi connectivity index (χ1n) is 6.84. The fraction of sp³-hybridized carbons (Fsp3) is 0.667. The van der Waals surface area contributed by atoms with E-state index in [1.807, 2.05) is 0 Å². The molecule has 1 heterocycles. The van der Waals surface area contributed by atoms with Crippen molar-refractivity contribution in [2.24, 2.45) is 0 Å². The van der Waals surface area contributed by atoms with Gasteiger partial charge in [0.25, 0.3) is 0 Å². The molecule has 0 unspecified atom stereocenters. The molecule has 0 spiro atoms. The lowest BCUT2D eigenvalue weighted by Crippen LogP contribution is -2.31. The molecule has 1 aromatic rings. The lowest BCUT2D eigenvalue weighted by molar-refractivity contribution is -0.694. The monoisotopic (exact) mass is 220 g/mol. The fourth-order valence-corrected chi connectivity index (χ4v) is 2.03. The summed E-state index contributed by atoms with van der Waals surface area (Å²) >= 11 is 0. The van der Waals surface area contributed by atoms with Gasteiger partial charge in [0.05, 0.1) is 0 Å². The molecule has 0 amide bonds. The second kappa shape index (κ2) is 8.32. The van der Waals surface area contributed by atoms with Crippen LogP contribution in [0.15, 0.2) is 24.5 Å². The van der Waals surface area contributed by atoms with Crippen molar-refractivity contribution in [1.82, 2.24) is 0 Å². The van der Waals surface area contributed by atoms with Crippen molar-refractivity contribution in [2.75, 3.05) is 0 Å². The van der Waals surface area contributed by atoms with Crippen molar-refractivity contribution in [3.05, 3.63) is 30.1 Å². The number of rotatable bonds is 8. The molecule has 1 nitrogen and oxygen atoms in total. The van der Waals surface area contributed by atoms with Crippen LogP contribution in [0.3, 0.4) is 0 Å². The van der Waals surface area contributed by atoms with E-state index in [2.05, 4.69) is 42.9 Å². The van der Waals surface area contributed by atoms with Crippen molar-refractivity contribution in [2.45, 2.75) is 65.3 Å². The summed E-state index contributed by atoms with van der Waals surface area (Å²) in [6.07, 6.45) is 14.0. The summed E-state index contributed by atoms with van der Waals surface area (Å²) in [6.45, 7) is 5.53. The maximum atomic E-state index is 2.28. The Hall–Kier alpha value is -0.850. The summed E-state index contributed by atoms with van der Waals surface area (Å²) in [6, 6.07) is 4.41. The zero-order valence-electron chi connectivity index (χ0n) is 10.9. The molecule has 0 aliphatic carbocycles. The normalized spacial score (nSPS) is 10.6. The Balaban J connectivity index is 2.16. The molecule has 1 rings (SSSR count). The van der Waals surface area contributed by atoms with E-state index < -0.39 is 0 Å². The molecule has 0 radical (unpaired) electrons. The highest BCUT2D eigenvalue weighted by Crippen LogP contribution is 2.08. The molecule has 0 bridgehead atoms. The van der Waals surface area contributed by atoms with Gasteiger partial charge in [-0.2, -0.15) is 0 Å². The summed E-state index contributed by atoms with van der Waals surface area (Å²) in [5.41, 5.74) is 1.49. The van der Waals surface area contributed by atoms with Crippen LogP contribution < -0.4 is 4.57 Å². The van der Waals surface area contributed by atoms with Gasteiger partial charge in [0.2, 0.25) is 0 Å². The summed E-state index contributed by atoms with van der Waals surface area (Å²) in [5, 5.41) is 0. The van der Waals surface area contributed by atoms with Crippen LogP contribution in [0.5, 0.6) is 0 Å². The van der Waals surface area contributed by atoms with E-state index in [0.29, 0.717) is 0 Å². The zero-order valence-corrected chi connectivity index (χ0v) is 10.9. The first-order chi connectivity index (χ1) is 7.86. The molecule has 0 atom stereocenters. The first kappa shape index (κ1) is 13.2. The summed E-state index contributed by atoms with van der Waals surface area (Å²) < 4.78 is 2.26. The molecule has 1 aromatic heterocycles. The number of hydrogen-bond acceptors (Lipinski definition) is 0. The number of hydrogen-bond donors (Lipinski definition) is 0. The average Bonchev–Trinajstić information content (AvgIpc) is 2.34. The standard InChI is InChI=1S/C15H26N/c1-3-5-6-7-8-9-11-15-12-10-13-16(4-2)14-15/h10,12-14H,3-9,11H2,1-2H3/q+1. The van der Waals surface area contributed by atoms with E-state index >= 15 is 0 Å². The van der Waals surface area contributed by atoms with Crippen LogP contribution in [0, 0.1) is 0 Å². The second-order valence-corrected chi connectivity index (χ2v) is 4.56. The van der Waals surface area contributed by atoms with Crippen LogP contribution in [0.25, 0.3) is 0 Å². The van der Waals surface area contributed by atoms with Crippen LogP contribution >= 0.6 is 0 Å². The topological polar surface area (TPSA) is 3.88 Å². The van der Waals surface area contributed by atoms with Crippen molar-refractivity contribution < 1.29 is 4.57 Å². The third-order valence-corrected chi connectivity index (χ3v) is 3.10. The third-order valence-electron chi connectivity index (χ3n) is 3.10. The summed E-state index contributed by atoms with van der Waals surface area (Å²) in [5.74, 6) is 0. The van der Waals surface area contributed by atoms with Crippen molar-refractivity contribution >= 4 is 0 Å². The van der Waals surface area contributed by atoms with Gasteiger partial charge in [0.1, 0.15) is 6.54 Å². The van der Waals surface area contributed by atoms with E-state index in [-0.39, 0.29) is 0 Å². The van der Waals surface area contributed by atoms with E-state index in [4.69, 9.17) is 0 Å². The predicted octanol–water partition coefficient (Wildman–Crippen LogP) is 3.90. The minimum absolute atomic E-state index is 1.07. The number of aryl methyl sites for hydroxylation is 2. The summed E-state index contributed by atoms with van der Waals surface area (Å²) in [7, 11) is 0. The Morgan fingerprint density at radius 2 is 1.75 bits per heavy atom. The number of nitrogens with zero attached hydrogens (tertiary/aromatic N) is 1. The van der Waals surface area contributed by atoms with Crippen LogP contribution in [0.2, 0.25) is 0 Å². The molecule has 0 saturated carbocycles. The third kappa shape index (κ3) is 5.29. The van der Waals surface area contributed by atoms with Gasteiger partial charge in [-0.05, 0) is 25.8 Å². The second-order valence-electron chi connectivity index (χ2n) is 4.56. The van der Waals surface area contributed by atoms with Gasteiger partial charge in [-0.15, -0.1) is 0 Å². The highest BCUT2D eigenvalue weighted by atomic mass is 14.9. The molecule has 90 valence electrons. The van der Waals surface area contributed by atoms with Gasteiger partial charge in [-0.3, -0.25) is 0 Å². The van der Waals surface area contributed by atoms with Crippen LogP contribution in [0.4, 0.5) is 0 Å². The summed E-state index contributed by atoms with van der Waals surface area (Å²) in [4.78, 5) is 0. The van der Waals surface area contributed by atoms with Crippen molar-refractivity contribution in [3.8, 4) is 0 Å². The van der Waals surface area contributed by atoms with Crippen LogP contribution in [-0.4, -0.2) is 0 Å². The van der Waals surface area contributed by atoms with E-state index in [0.717, 1.165) is 6.54 Å². The number of aromatic nitrogens is 1. The van der Waals surface area contributed by atoms with Crippen molar-refractivity contribution in [3.63, 3.8) is 0 Å². The molecule has 16 heavy (non-hydrogen) atoms. The van der Waals surface area contributed by atoms with E-state index in [1.54, 1.807) is 0 Å². The van der Waals surface area contributed by atoms with E-state index in [1.165, 1.54) is 50.5 Å².